The highest BCUT2D eigenvalue weighted by Crippen LogP contribution is 2.24. The molecule has 0 saturated carbocycles. The van der Waals surface area contributed by atoms with Gasteiger partial charge in [-0.25, -0.2) is 18.4 Å². The SMILES string of the molecule is NS(=O)(=O)c1cc(C(=O)N2CCCC[C@@H]2C(=O)O)cs1. The standard InChI is InChI=1S/C11H14N2O5S2/c12-20(17,18)9-5-7(6-19-9)10(14)13-4-2-1-3-8(13)11(15)16/h5-6,8H,1-4H2,(H,15,16)(H2,12,17,18)/t8-/m1/s1. The fourth-order valence-corrected chi connectivity index (χ4v) is 3.75. The van der Waals surface area contributed by atoms with Gasteiger partial charge in [0.05, 0.1) is 5.56 Å². The predicted octanol–water partition coefficient (Wildman–Crippen LogP) is 0.475. The van der Waals surface area contributed by atoms with Gasteiger partial charge in [0.25, 0.3) is 5.91 Å². The van der Waals surface area contributed by atoms with Crippen LogP contribution in [-0.4, -0.2) is 42.9 Å². The average molecular weight is 318 g/mol. The van der Waals surface area contributed by atoms with Crippen molar-refractivity contribution in [2.24, 2.45) is 5.14 Å². The molecule has 1 aliphatic rings. The Kier molecular flexibility index (Phi) is 4.11. The van der Waals surface area contributed by atoms with Gasteiger partial charge < -0.3 is 10.0 Å². The van der Waals surface area contributed by atoms with Crippen LogP contribution in [-0.2, 0) is 14.8 Å². The minimum absolute atomic E-state index is 0.107. The van der Waals surface area contributed by atoms with Crippen LogP contribution in [0.25, 0.3) is 0 Å². The summed E-state index contributed by atoms with van der Waals surface area (Å²) in [7, 11) is -3.84. The number of sulfonamides is 1. The van der Waals surface area contributed by atoms with Crippen LogP contribution in [0.5, 0.6) is 0 Å². The van der Waals surface area contributed by atoms with Crippen molar-refractivity contribution in [3.05, 3.63) is 17.0 Å². The van der Waals surface area contributed by atoms with Crippen LogP contribution in [0.2, 0.25) is 0 Å². The van der Waals surface area contributed by atoms with Gasteiger partial charge in [0, 0.05) is 11.9 Å². The molecule has 0 unspecified atom stereocenters. The first-order chi connectivity index (χ1) is 9.30. The topological polar surface area (TPSA) is 118 Å². The second-order valence-electron chi connectivity index (χ2n) is 4.55. The highest BCUT2D eigenvalue weighted by atomic mass is 32.2. The molecule has 1 aromatic heterocycles. The number of amides is 1. The van der Waals surface area contributed by atoms with E-state index in [9.17, 15) is 18.0 Å². The molecule has 1 fully saturated rings. The molecule has 2 heterocycles. The first-order valence-electron chi connectivity index (χ1n) is 5.96. The van der Waals surface area contributed by atoms with Crippen molar-refractivity contribution in [3.8, 4) is 0 Å². The van der Waals surface area contributed by atoms with Gasteiger partial charge in [-0.1, -0.05) is 0 Å². The highest BCUT2D eigenvalue weighted by Gasteiger charge is 2.33. The van der Waals surface area contributed by atoms with Crippen LogP contribution in [0.15, 0.2) is 15.7 Å². The smallest absolute Gasteiger partial charge is 0.326 e. The fourth-order valence-electron chi connectivity index (χ4n) is 2.18. The van der Waals surface area contributed by atoms with Gasteiger partial charge in [0.2, 0.25) is 10.0 Å². The zero-order chi connectivity index (χ0) is 14.9. The van der Waals surface area contributed by atoms with E-state index in [1.807, 2.05) is 0 Å². The molecule has 1 atom stereocenters. The van der Waals surface area contributed by atoms with Gasteiger partial charge in [-0.15, -0.1) is 11.3 Å². The summed E-state index contributed by atoms with van der Waals surface area (Å²) < 4.78 is 22.3. The van der Waals surface area contributed by atoms with E-state index in [0.717, 1.165) is 24.2 Å². The average Bonchev–Trinajstić information content (AvgIpc) is 2.87. The van der Waals surface area contributed by atoms with Crippen LogP contribution in [0.4, 0.5) is 0 Å². The monoisotopic (exact) mass is 318 g/mol. The summed E-state index contributed by atoms with van der Waals surface area (Å²) in [6, 6.07) is 0.338. The largest absolute Gasteiger partial charge is 0.480 e. The van der Waals surface area contributed by atoms with Crippen molar-refractivity contribution in [1.29, 1.82) is 0 Å². The van der Waals surface area contributed by atoms with Crippen molar-refractivity contribution >= 4 is 33.2 Å². The Labute approximate surface area is 120 Å². The lowest BCUT2D eigenvalue weighted by atomic mass is 10.0. The van der Waals surface area contributed by atoms with E-state index in [0.29, 0.717) is 13.0 Å². The molecule has 110 valence electrons. The molecule has 0 aromatic carbocycles. The minimum atomic E-state index is -3.84. The van der Waals surface area contributed by atoms with Gasteiger partial charge in [0.15, 0.2) is 0 Å². The van der Waals surface area contributed by atoms with Crippen molar-refractivity contribution in [2.45, 2.75) is 29.5 Å². The van der Waals surface area contributed by atoms with E-state index < -0.39 is 27.9 Å². The van der Waals surface area contributed by atoms with Gasteiger partial charge in [-0.2, -0.15) is 0 Å². The summed E-state index contributed by atoms with van der Waals surface area (Å²) in [5, 5.41) is 15.5. The van der Waals surface area contributed by atoms with Crippen molar-refractivity contribution in [2.75, 3.05) is 6.54 Å². The molecule has 1 aromatic rings. The number of carboxylic acid groups (broad SMARTS) is 1. The van der Waals surface area contributed by atoms with Crippen molar-refractivity contribution < 1.29 is 23.1 Å². The van der Waals surface area contributed by atoms with E-state index in [2.05, 4.69) is 0 Å². The van der Waals surface area contributed by atoms with Gasteiger partial charge >= 0.3 is 5.97 Å². The third-order valence-electron chi connectivity index (χ3n) is 3.15. The van der Waals surface area contributed by atoms with E-state index in [1.165, 1.54) is 16.3 Å². The maximum Gasteiger partial charge on any atom is 0.326 e. The Morgan fingerprint density at radius 1 is 1.40 bits per heavy atom. The quantitative estimate of drug-likeness (QED) is 0.840. The summed E-state index contributed by atoms with van der Waals surface area (Å²) in [5.74, 6) is -1.51. The first kappa shape index (κ1) is 14.9. The number of primary sulfonamides is 1. The molecule has 1 amide bonds. The second kappa shape index (κ2) is 5.51. The Hall–Kier alpha value is -1.45. The summed E-state index contributed by atoms with van der Waals surface area (Å²) in [4.78, 5) is 24.7. The molecule has 0 spiro atoms. The molecule has 2 rings (SSSR count). The normalized spacial score (nSPS) is 19.9. The summed E-state index contributed by atoms with van der Waals surface area (Å²) in [5.41, 5.74) is 0.159. The maximum atomic E-state index is 12.3. The van der Waals surface area contributed by atoms with Crippen LogP contribution in [0, 0.1) is 0 Å². The Morgan fingerprint density at radius 2 is 2.10 bits per heavy atom. The number of likely N-dealkylation sites (tertiary alicyclic amines) is 1. The van der Waals surface area contributed by atoms with Crippen molar-refractivity contribution in [1.82, 2.24) is 4.90 Å². The van der Waals surface area contributed by atoms with Crippen LogP contribution >= 0.6 is 11.3 Å². The van der Waals surface area contributed by atoms with Gasteiger partial charge in [-0.05, 0) is 25.3 Å². The zero-order valence-electron chi connectivity index (χ0n) is 10.5. The Bertz CT molecular complexity index is 637. The molecule has 0 aliphatic carbocycles. The highest BCUT2D eigenvalue weighted by molar-refractivity contribution is 7.91. The Morgan fingerprint density at radius 3 is 2.65 bits per heavy atom. The molecule has 1 aliphatic heterocycles. The molecule has 9 heteroatoms. The molecular weight excluding hydrogens is 304 g/mol. The lowest BCUT2D eigenvalue weighted by molar-refractivity contribution is -0.143. The van der Waals surface area contributed by atoms with E-state index >= 15 is 0 Å². The molecule has 7 nitrogen and oxygen atoms in total. The number of nitrogens with two attached hydrogens (primary N) is 1. The van der Waals surface area contributed by atoms with Crippen LogP contribution in [0.3, 0.4) is 0 Å². The van der Waals surface area contributed by atoms with Crippen molar-refractivity contribution in [3.63, 3.8) is 0 Å². The summed E-state index contributed by atoms with van der Waals surface area (Å²) in [6.07, 6.45) is 1.90. The molecule has 3 N–H and O–H groups in total. The van der Waals surface area contributed by atoms with E-state index in [-0.39, 0.29) is 9.77 Å². The maximum absolute atomic E-state index is 12.3. The number of carboxylic acids is 1. The zero-order valence-corrected chi connectivity index (χ0v) is 12.1. The molecule has 0 radical (unpaired) electrons. The number of hydrogen-bond donors (Lipinski definition) is 2. The number of hydrogen-bond acceptors (Lipinski definition) is 5. The second-order valence-corrected chi connectivity index (χ2v) is 7.25. The lowest BCUT2D eigenvalue weighted by Crippen LogP contribution is -2.47. The minimum Gasteiger partial charge on any atom is -0.480 e. The van der Waals surface area contributed by atoms with E-state index in [1.54, 1.807) is 0 Å². The predicted molar refractivity (Wildman–Crippen MR) is 72.0 cm³/mol. The third kappa shape index (κ3) is 3.00. The number of rotatable bonds is 3. The van der Waals surface area contributed by atoms with Gasteiger partial charge in [0.1, 0.15) is 10.3 Å². The van der Waals surface area contributed by atoms with E-state index in [4.69, 9.17) is 10.2 Å². The molecular formula is C11H14N2O5S2. The van der Waals surface area contributed by atoms with Gasteiger partial charge in [-0.3, -0.25) is 4.79 Å². The number of nitrogens with zero attached hydrogens (tertiary/aromatic N) is 1. The number of piperidine rings is 1. The third-order valence-corrected chi connectivity index (χ3v) is 5.54. The molecule has 0 bridgehead atoms. The number of carbonyl (C=O) groups excluding carboxylic acids is 1. The fraction of sp³-hybridized carbons (Fsp3) is 0.455. The molecule has 20 heavy (non-hydrogen) atoms. The number of aliphatic carboxylic acids is 1. The first-order valence-corrected chi connectivity index (χ1v) is 8.38. The van der Waals surface area contributed by atoms with Crippen LogP contribution < -0.4 is 5.14 Å². The lowest BCUT2D eigenvalue weighted by Gasteiger charge is -2.32. The molecule has 1 saturated heterocycles. The van der Waals surface area contributed by atoms with Crippen LogP contribution in [0.1, 0.15) is 29.6 Å². The number of thiophene rings is 1. The Balaban J connectivity index is 2.26. The summed E-state index contributed by atoms with van der Waals surface area (Å²) in [6.45, 7) is 0.357. The summed E-state index contributed by atoms with van der Waals surface area (Å²) >= 11 is 0.851. The number of carbonyl (C=O) groups is 2.